The van der Waals surface area contributed by atoms with E-state index in [9.17, 15) is 0 Å². The molecule has 3 nitrogen and oxygen atoms in total. The second-order valence-electron chi connectivity index (χ2n) is 5.91. The van der Waals surface area contributed by atoms with Crippen molar-refractivity contribution in [1.82, 2.24) is 9.80 Å². The van der Waals surface area contributed by atoms with Gasteiger partial charge in [0.05, 0.1) is 6.04 Å². The van der Waals surface area contributed by atoms with E-state index in [4.69, 9.17) is 5.73 Å². The number of nitrogens with zero attached hydrogens (tertiary/aromatic N) is 2. The molecule has 0 aromatic carbocycles. The molecule has 2 N–H and O–H groups in total. The monoisotopic (exact) mass is 281 g/mol. The summed E-state index contributed by atoms with van der Waals surface area (Å²) in [6.07, 6.45) is 2.64. The molecule has 1 aliphatic rings. The summed E-state index contributed by atoms with van der Waals surface area (Å²) in [5.41, 5.74) is 7.40. The second-order valence-corrected chi connectivity index (χ2v) is 6.85. The van der Waals surface area contributed by atoms with Crippen molar-refractivity contribution in [2.75, 3.05) is 40.3 Å². The Bertz CT molecular complexity index is 382. The van der Waals surface area contributed by atoms with Crippen molar-refractivity contribution in [3.63, 3.8) is 0 Å². The maximum absolute atomic E-state index is 6.02. The van der Waals surface area contributed by atoms with Crippen LogP contribution in [-0.2, 0) is 0 Å². The van der Waals surface area contributed by atoms with Crippen LogP contribution in [0.5, 0.6) is 0 Å². The van der Waals surface area contributed by atoms with Gasteiger partial charge in [-0.2, -0.15) is 0 Å². The Balaban J connectivity index is 1.94. The summed E-state index contributed by atoms with van der Waals surface area (Å²) in [4.78, 5) is 6.34. The highest BCUT2D eigenvalue weighted by Gasteiger charge is 2.23. The third kappa shape index (κ3) is 3.78. The number of rotatable bonds is 5. The molecule has 1 saturated heterocycles. The van der Waals surface area contributed by atoms with Crippen LogP contribution < -0.4 is 5.73 Å². The number of hydrogen-bond acceptors (Lipinski definition) is 4. The first-order valence-corrected chi connectivity index (χ1v) is 8.12. The smallest absolute Gasteiger partial charge is 0.0564 e. The lowest BCUT2D eigenvalue weighted by molar-refractivity contribution is 0.152. The van der Waals surface area contributed by atoms with Gasteiger partial charge in [-0.05, 0) is 69.9 Å². The van der Waals surface area contributed by atoms with E-state index in [0.717, 1.165) is 5.92 Å². The fraction of sp³-hybridized carbons (Fsp3) is 0.733. The molecule has 1 fully saturated rings. The molecule has 2 heterocycles. The molecular formula is C15H27N3S. The number of hydrogen-bond donors (Lipinski definition) is 1. The largest absolute Gasteiger partial charge is 0.329 e. The van der Waals surface area contributed by atoms with E-state index >= 15 is 0 Å². The molecular weight excluding hydrogens is 254 g/mol. The molecule has 2 rings (SSSR count). The summed E-state index contributed by atoms with van der Waals surface area (Å²) < 4.78 is 0. The molecule has 1 aromatic heterocycles. The lowest BCUT2D eigenvalue weighted by Crippen LogP contribution is -2.38. The van der Waals surface area contributed by atoms with Gasteiger partial charge in [0.25, 0.3) is 0 Å². The third-order valence-electron chi connectivity index (χ3n) is 4.34. The van der Waals surface area contributed by atoms with Crippen molar-refractivity contribution in [2.24, 2.45) is 11.7 Å². The molecule has 0 spiro atoms. The van der Waals surface area contributed by atoms with Crippen LogP contribution in [0.4, 0.5) is 0 Å². The van der Waals surface area contributed by atoms with Crippen LogP contribution in [0.1, 0.15) is 29.3 Å². The van der Waals surface area contributed by atoms with Crippen LogP contribution in [0.2, 0.25) is 0 Å². The normalized spacial score (nSPS) is 20.1. The van der Waals surface area contributed by atoms with E-state index in [1.54, 1.807) is 0 Å². The van der Waals surface area contributed by atoms with E-state index in [2.05, 4.69) is 42.3 Å². The Hall–Kier alpha value is -0.420. The van der Waals surface area contributed by atoms with Gasteiger partial charge in [-0.1, -0.05) is 0 Å². The maximum atomic E-state index is 6.02. The molecule has 1 aliphatic heterocycles. The summed E-state index contributed by atoms with van der Waals surface area (Å²) in [6, 6.07) is 2.59. The average molecular weight is 281 g/mol. The molecule has 1 atom stereocenters. The van der Waals surface area contributed by atoms with Crippen LogP contribution in [0.25, 0.3) is 0 Å². The lowest BCUT2D eigenvalue weighted by Gasteiger charge is -2.34. The fourth-order valence-electron chi connectivity index (χ4n) is 2.99. The number of aryl methyl sites for hydroxylation is 1. The van der Waals surface area contributed by atoms with E-state index in [-0.39, 0.29) is 0 Å². The summed E-state index contributed by atoms with van der Waals surface area (Å²) in [5.74, 6) is 0.829. The molecule has 1 aromatic rings. The number of nitrogens with two attached hydrogens (primary N) is 1. The summed E-state index contributed by atoms with van der Waals surface area (Å²) in [7, 11) is 4.45. The Morgan fingerprint density at radius 2 is 2.16 bits per heavy atom. The van der Waals surface area contributed by atoms with E-state index < -0.39 is 0 Å². The highest BCUT2D eigenvalue weighted by Crippen LogP contribution is 2.29. The van der Waals surface area contributed by atoms with Crippen molar-refractivity contribution in [3.8, 4) is 0 Å². The maximum Gasteiger partial charge on any atom is 0.0564 e. The Labute approximate surface area is 121 Å². The zero-order valence-electron chi connectivity index (χ0n) is 12.4. The Morgan fingerprint density at radius 3 is 2.68 bits per heavy atom. The highest BCUT2D eigenvalue weighted by molar-refractivity contribution is 7.10. The molecule has 0 bridgehead atoms. The van der Waals surface area contributed by atoms with Gasteiger partial charge in [0.15, 0.2) is 0 Å². The van der Waals surface area contributed by atoms with Crippen molar-refractivity contribution in [2.45, 2.75) is 25.8 Å². The zero-order valence-corrected chi connectivity index (χ0v) is 13.2. The molecule has 0 radical (unpaired) electrons. The topological polar surface area (TPSA) is 32.5 Å². The van der Waals surface area contributed by atoms with E-state index in [1.165, 1.54) is 42.9 Å². The van der Waals surface area contributed by atoms with Crippen LogP contribution in [0.3, 0.4) is 0 Å². The quantitative estimate of drug-likeness (QED) is 0.899. The molecule has 4 heteroatoms. The van der Waals surface area contributed by atoms with Gasteiger partial charge >= 0.3 is 0 Å². The minimum atomic E-state index is 0.389. The molecule has 108 valence electrons. The fourth-order valence-corrected chi connectivity index (χ4v) is 4.10. The molecule has 0 saturated carbocycles. The standard InChI is InChI=1S/C15H27N3S/c1-12-6-9-19-15(12)14(10-16)18(3)11-13-4-7-17(2)8-5-13/h6,9,13-14H,4-5,7-8,10-11,16H2,1-3H3. The van der Waals surface area contributed by atoms with Crippen LogP contribution in [0.15, 0.2) is 11.4 Å². The third-order valence-corrected chi connectivity index (χ3v) is 5.46. The predicted octanol–water partition coefficient (Wildman–Crippen LogP) is 2.33. The van der Waals surface area contributed by atoms with Gasteiger partial charge in [-0.25, -0.2) is 0 Å². The number of likely N-dealkylation sites (N-methyl/N-ethyl adjacent to an activating group) is 1. The van der Waals surface area contributed by atoms with Gasteiger partial charge in [0, 0.05) is 18.0 Å². The first-order valence-electron chi connectivity index (χ1n) is 7.24. The Morgan fingerprint density at radius 1 is 1.47 bits per heavy atom. The van der Waals surface area contributed by atoms with Gasteiger partial charge < -0.3 is 10.6 Å². The zero-order chi connectivity index (χ0) is 13.8. The van der Waals surface area contributed by atoms with Crippen LogP contribution in [0, 0.1) is 12.8 Å². The molecule has 19 heavy (non-hydrogen) atoms. The summed E-state index contributed by atoms with van der Waals surface area (Å²) in [5, 5.41) is 2.18. The van der Waals surface area contributed by atoms with Gasteiger partial charge in [-0.3, -0.25) is 4.90 Å². The average Bonchev–Trinajstić information content (AvgIpc) is 2.80. The number of likely N-dealkylation sites (tertiary alicyclic amines) is 1. The molecule has 1 unspecified atom stereocenters. The van der Waals surface area contributed by atoms with Gasteiger partial charge in [-0.15, -0.1) is 11.3 Å². The molecule has 0 amide bonds. The van der Waals surface area contributed by atoms with Crippen LogP contribution >= 0.6 is 11.3 Å². The van der Waals surface area contributed by atoms with Crippen molar-refractivity contribution in [1.29, 1.82) is 0 Å². The predicted molar refractivity (Wildman–Crippen MR) is 83.7 cm³/mol. The number of thiophene rings is 1. The van der Waals surface area contributed by atoms with Crippen molar-refractivity contribution in [3.05, 3.63) is 21.9 Å². The first kappa shape index (κ1) is 15.0. The lowest BCUT2D eigenvalue weighted by atomic mass is 9.96. The second kappa shape index (κ2) is 6.84. The van der Waals surface area contributed by atoms with Gasteiger partial charge in [0.2, 0.25) is 0 Å². The van der Waals surface area contributed by atoms with Crippen molar-refractivity contribution < 1.29 is 0 Å². The van der Waals surface area contributed by atoms with Crippen molar-refractivity contribution >= 4 is 11.3 Å². The minimum absolute atomic E-state index is 0.389. The Kier molecular flexibility index (Phi) is 5.39. The molecule has 0 aliphatic carbocycles. The summed E-state index contributed by atoms with van der Waals surface area (Å²) >= 11 is 1.84. The number of piperidine rings is 1. The van der Waals surface area contributed by atoms with E-state index in [1.807, 2.05) is 11.3 Å². The summed E-state index contributed by atoms with van der Waals surface area (Å²) in [6.45, 7) is 6.56. The minimum Gasteiger partial charge on any atom is -0.329 e. The van der Waals surface area contributed by atoms with Gasteiger partial charge in [0.1, 0.15) is 0 Å². The SMILES string of the molecule is Cc1ccsc1C(CN)N(C)CC1CCN(C)CC1. The highest BCUT2D eigenvalue weighted by atomic mass is 32.1. The first-order chi connectivity index (χ1) is 9.11. The van der Waals surface area contributed by atoms with E-state index in [0.29, 0.717) is 12.6 Å². The van der Waals surface area contributed by atoms with Crippen LogP contribution in [-0.4, -0.2) is 50.1 Å².